The largest absolute Gasteiger partial charge is 0.495 e. The molecule has 1 aromatic carbocycles. The predicted molar refractivity (Wildman–Crippen MR) is 65.5 cm³/mol. The first-order chi connectivity index (χ1) is 7.69. The second-order valence-electron chi connectivity index (χ2n) is 3.48. The third-order valence-electron chi connectivity index (χ3n) is 2.61. The summed E-state index contributed by atoms with van der Waals surface area (Å²) in [6, 6.07) is 5.51. The smallest absolute Gasteiger partial charge is 0.253 e. The zero-order valence-corrected chi connectivity index (χ0v) is 9.89. The summed E-state index contributed by atoms with van der Waals surface area (Å²) in [5.41, 5.74) is 1.11. The van der Waals surface area contributed by atoms with Crippen LogP contribution in [0.15, 0.2) is 23.0 Å². The SMILES string of the molecule is CCc1c(Cl)c2cccc(OC)c2[nH]c1=O. The lowest BCUT2D eigenvalue weighted by Gasteiger charge is -2.08. The second-order valence-corrected chi connectivity index (χ2v) is 3.86. The Morgan fingerprint density at radius 2 is 2.19 bits per heavy atom. The van der Waals surface area contributed by atoms with Crippen LogP contribution < -0.4 is 10.3 Å². The van der Waals surface area contributed by atoms with Gasteiger partial charge in [-0.05, 0) is 12.5 Å². The molecule has 0 saturated carbocycles. The van der Waals surface area contributed by atoms with Crippen LogP contribution in [0.25, 0.3) is 10.9 Å². The number of hydrogen-bond donors (Lipinski definition) is 1. The Morgan fingerprint density at radius 3 is 2.81 bits per heavy atom. The Labute approximate surface area is 98.0 Å². The average molecular weight is 238 g/mol. The summed E-state index contributed by atoms with van der Waals surface area (Å²) in [5.74, 6) is 0.624. The highest BCUT2D eigenvalue weighted by molar-refractivity contribution is 6.36. The maximum absolute atomic E-state index is 11.8. The van der Waals surface area contributed by atoms with Crippen LogP contribution in [0.5, 0.6) is 5.75 Å². The van der Waals surface area contributed by atoms with E-state index in [1.54, 1.807) is 13.2 Å². The molecule has 0 unspecified atom stereocenters. The van der Waals surface area contributed by atoms with Crippen LogP contribution in [-0.2, 0) is 6.42 Å². The highest BCUT2D eigenvalue weighted by Gasteiger charge is 2.11. The van der Waals surface area contributed by atoms with Crippen molar-refractivity contribution in [1.29, 1.82) is 0 Å². The van der Waals surface area contributed by atoms with Gasteiger partial charge in [-0.1, -0.05) is 30.7 Å². The van der Waals surface area contributed by atoms with Gasteiger partial charge in [-0.3, -0.25) is 4.79 Å². The van der Waals surface area contributed by atoms with Gasteiger partial charge >= 0.3 is 0 Å². The molecule has 0 saturated heterocycles. The van der Waals surface area contributed by atoms with E-state index in [2.05, 4.69) is 4.98 Å². The van der Waals surface area contributed by atoms with Crippen LogP contribution in [0.2, 0.25) is 5.02 Å². The van der Waals surface area contributed by atoms with Crippen molar-refractivity contribution in [2.45, 2.75) is 13.3 Å². The van der Waals surface area contributed by atoms with Gasteiger partial charge in [0.1, 0.15) is 5.75 Å². The lowest BCUT2D eigenvalue weighted by molar-refractivity contribution is 0.419. The van der Waals surface area contributed by atoms with Crippen molar-refractivity contribution in [2.24, 2.45) is 0 Å². The van der Waals surface area contributed by atoms with E-state index < -0.39 is 0 Å². The molecule has 2 rings (SSSR count). The van der Waals surface area contributed by atoms with E-state index in [9.17, 15) is 4.79 Å². The van der Waals surface area contributed by atoms with Gasteiger partial charge in [0.25, 0.3) is 5.56 Å². The summed E-state index contributed by atoms with van der Waals surface area (Å²) in [7, 11) is 1.56. The Balaban J connectivity index is 2.92. The molecule has 0 aliphatic rings. The van der Waals surface area contributed by atoms with Crippen molar-refractivity contribution in [3.63, 3.8) is 0 Å². The van der Waals surface area contributed by atoms with Crippen molar-refractivity contribution in [1.82, 2.24) is 4.98 Å². The number of fused-ring (bicyclic) bond motifs is 1. The zero-order valence-electron chi connectivity index (χ0n) is 9.13. The highest BCUT2D eigenvalue weighted by Crippen LogP contribution is 2.29. The maximum atomic E-state index is 11.8. The van der Waals surface area contributed by atoms with E-state index in [1.165, 1.54) is 0 Å². The number of aromatic nitrogens is 1. The predicted octanol–water partition coefficient (Wildman–Crippen LogP) is 2.75. The van der Waals surface area contributed by atoms with Crippen LogP contribution in [-0.4, -0.2) is 12.1 Å². The molecular formula is C12H12ClNO2. The fourth-order valence-electron chi connectivity index (χ4n) is 1.78. The topological polar surface area (TPSA) is 42.1 Å². The van der Waals surface area contributed by atoms with Gasteiger partial charge in [-0.25, -0.2) is 0 Å². The van der Waals surface area contributed by atoms with Crippen LogP contribution in [0.4, 0.5) is 0 Å². The normalized spacial score (nSPS) is 10.7. The summed E-state index contributed by atoms with van der Waals surface area (Å²) in [6.45, 7) is 1.91. The minimum Gasteiger partial charge on any atom is -0.495 e. The van der Waals surface area contributed by atoms with Gasteiger partial charge in [0.2, 0.25) is 0 Å². The second kappa shape index (κ2) is 4.18. The first-order valence-corrected chi connectivity index (χ1v) is 5.44. The van der Waals surface area contributed by atoms with Gasteiger partial charge in [0, 0.05) is 10.9 Å². The van der Waals surface area contributed by atoms with Crippen LogP contribution in [0, 0.1) is 0 Å². The average Bonchev–Trinajstić information content (AvgIpc) is 2.29. The van der Waals surface area contributed by atoms with Gasteiger partial charge in [-0.15, -0.1) is 0 Å². The number of hydrogen-bond acceptors (Lipinski definition) is 2. The van der Waals surface area contributed by atoms with Crippen molar-refractivity contribution in [2.75, 3.05) is 7.11 Å². The maximum Gasteiger partial charge on any atom is 0.253 e. The summed E-state index contributed by atoms with van der Waals surface area (Å²) in [5, 5.41) is 1.33. The van der Waals surface area contributed by atoms with E-state index in [1.807, 2.05) is 19.1 Å². The van der Waals surface area contributed by atoms with E-state index >= 15 is 0 Å². The number of methoxy groups -OCH3 is 1. The fraction of sp³-hybridized carbons (Fsp3) is 0.250. The standard InChI is InChI=1S/C12H12ClNO2/c1-3-7-10(13)8-5-4-6-9(16-2)11(8)14-12(7)15/h4-6H,3H2,1-2H3,(H,14,15). The van der Waals surface area contributed by atoms with Gasteiger partial charge in [0.15, 0.2) is 0 Å². The van der Waals surface area contributed by atoms with Crippen molar-refractivity contribution < 1.29 is 4.74 Å². The molecule has 0 aliphatic carbocycles. The number of pyridine rings is 1. The Kier molecular flexibility index (Phi) is 2.88. The first-order valence-electron chi connectivity index (χ1n) is 5.06. The molecule has 0 fully saturated rings. The Morgan fingerprint density at radius 1 is 1.44 bits per heavy atom. The van der Waals surface area contributed by atoms with E-state index in [4.69, 9.17) is 16.3 Å². The summed E-state index contributed by atoms with van der Waals surface area (Å²) >= 11 is 6.20. The quantitative estimate of drug-likeness (QED) is 0.873. The summed E-state index contributed by atoms with van der Waals surface area (Å²) < 4.78 is 5.18. The molecule has 1 N–H and O–H groups in total. The lowest BCUT2D eigenvalue weighted by Crippen LogP contribution is -2.13. The molecule has 16 heavy (non-hydrogen) atoms. The van der Waals surface area contributed by atoms with E-state index in [0.29, 0.717) is 28.3 Å². The number of nitrogens with one attached hydrogen (secondary N) is 1. The molecule has 0 atom stereocenters. The lowest BCUT2D eigenvalue weighted by atomic mass is 10.1. The van der Waals surface area contributed by atoms with E-state index in [0.717, 1.165) is 5.39 Å². The zero-order chi connectivity index (χ0) is 11.7. The number of para-hydroxylation sites is 1. The van der Waals surface area contributed by atoms with Crippen LogP contribution >= 0.6 is 11.6 Å². The minimum absolute atomic E-state index is 0.149. The molecule has 84 valence electrons. The molecule has 2 aromatic rings. The highest BCUT2D eigenvalue weighted by atomic mass is 35.5. The summed E-state index contributed by atoms with van der Waals surface area (Å²) in [6.07, 6.45) is 0.612. The molecule has 0 amide bonds. The van der Waals surface area contributed by atoms with Gasteiger partial charge in [0.05, 0.1) is 17.6 Å². The number of ether oxygens (including phenoxy) is 1. The van der Waals surface area contributed by atoms with Gasteiger partial charge < -0.3 is 9.72 Å². The van der Waals surface area contributed by atoms with Crippen molar-refractivity contribution in [3.8, 4) is 5.75 Å². The van der Waals surface area contributed by atoms with Crippen LogP contribution in [0.1, 0.15) is 12.5 Å². The van der Waals surface area contributed by atoms with Crippen molar-refractivity contribution in [3.05, 3.63) is 39.1 Å². The molecule has 1 aromatic heterocycles. The molecule has 0 aliphatic heterocycles. The molecule has 0 radical (unpaired) electrons. The number of rotatable bonds is 2. The minimum atomic E-state index is -0.149. The van der Waals surface area contributed by atoms with Gasteiger partial charge in [-0.2, -0.15) is 0 Å². The van der Waals surface area contributed by atoms with E-state index in [-0.39, 0.29) is 5.56 Å². The Bertz CT molecular complexity index is 589. The molecular weight excluding hydrogens is 226 g/mol. The molecule has 3 nitrogen and oxygen atoms in total. The molecule has 0 bridgehead atoms. The van der Waals surface area contributed by atoms with Crippen LogP contribution in [0.3, 0.4) is 0 Å². The third kappa shape index (κ3) is 1.57. The molecule has 4 heteroatoms. The molecule has 0 spiro atoms. The number of benzene rings is 1. The third-order valence-corrected chi connectivity index (χ3v) is 3.05. The first kappa shape index (κ1) is 11.0. The Hall–Kier alpha value is -1.48. The number of halogens is 1. The molecule has 1 heterocycles. The number of H-pyrrole nitrogens is 1. The fourth-order valence-corrected chi connectivity index (χ4v) is 2.16. The summed E-state index contributed by atoms with van der Waals surface area (Å²) in [4.78, 5) is 14.6. The monoisotopic (exact) mass is 237 g/mol. The van der Waals surface area contributed by atoms with Crippen molar-refractivity contribution >= 4 is 22.5 Å². The number of aromatic amines is 1.